The first-order valence-corrected chi connectivity index (χ1v) is 27.0. The van der Waals surface area contributed by atoms with Gasteiger partial charge in [-0.2, -0.15) is 5.26 Å². The second-order valence-electron chi connectivity index (χ2n) is 20.8. The third kappa shape index (κ3) is 10.6. The zero-order valence-electron chi connectivity index (χ0n) is 42.8. The fraction of sp³-hybridized carbons (Fsp3) is 0.183. The van der Waals surface area contributed by atoms with E-state index in [0.717, 1.165) is 102 Å². The van der Waals surface area contributed by atoms with Gasteiger partial charge >= 0.3 is 0 Å². The average molecular weight is 969 g/mol. The molecular formula is C71H60N4. The van der Waals surface area contributed by atoms with Crippen LogP contribution in [0.4, 0.5) is 0 Å². The molecule has 0 amide bonds. The molecule has 3 aromatic heterocycles. The Morgan fingerprint density at radius 3 is 1.36 bits per heavy atom. The quantitative estimate of drug-likeness (QED) is 0.115. The number of hydrogen-bond acceptors (Lipinski definition) is 4. The van der Waals surface area contributed by atoms with Crippen molar-refractivity contribution in [1.29, 1.82) is 5.26 Å². The van der Waals surface area contributed by atoms with Crippen LogP contribution in [0, 0.1) is 18.3 Å². The van der Waals surface area contributed by atoms with E-state index in [4.69, 9.17) is 15.0 Å². The lowest BCUT2D eigenvalue weighted by Gasteiger charge is -2.18. The summed E-state index contributed by atoms with van der Waals surface area (Å²) in [6.45, 7) is 2.08. The zero-order chi connectivity index (χ0) is 50.5. The van der Waals surface area contributed by atoms with Crippen LogP contribution in [0.2, 0.25) is 0 Å². The summed E-state index contributed by atoms with van der Waals surface area (Å²) in [6.07, 6.45) is 19.6. The molecule has 0 N–H and O–H groups in total. The van der Waals surface area contributed by atoms with Gasteiger partial charge in [-0.3, -0.25) is 15.0 Å². The molecule has 12 rings (SSSR count). The van der Waals surface area contributed by atoms with Crippen LogP contribution in [-0.4, -0.2) is 15.0 Å². The fourth-order valence-corrected chi connectivity index (χ4v) is 11.4. The summed E-state index contributed by atoms with van der Waals surface area (Å²) in [7, 11) is 0. The number of hydrogen-bond donors (Lipinski definition) is 0. The molecular weight excluding hydrogens is 909 g/mol. The largest absolute Gasteiger partial charge is 0.256 e. The van der Waals surface area contributed by atoms with Crippen LogP contribution in [-0.2, 0) is 51.4 Å². The summed E-state index contributed by atoms with van der Waals surface area (Å²) in [4.78, 5) is 14.6. The number of nitrogens with zero attached hydrogens (tertiary/aromatic N) is 4. The summed E-state index contributed by atoms with van der Waals surface area (Å²) >= 11 is 0. The maximum atomic E-state index is 9.42. The molecule has 0 radical (unpaired) electrons. The molecule has 3 heterocycles. The average Bonchev–Trinajstić information content (AvgIpc) is 3.48. The molecule has 0 aliphatic heterocycles. The van der Waals surface area contributed by atoms with E-state index in [9.17, 15) is 5.26 Å². The molecule has 0 bridgehead atoms. The normalized spacial score (nSPS) is 12.9. The van der Waals surface area contributed by atoms with Crippen molar-refractivity contribution >= 4 is 0 Å². The third-order valence-electron chi connectivity index (χ3n) is 15.7. The number of fused-ring (bicyclic) bond motifs is 2. The van der Waals surface area contributed by atoms with Gasteiger partial charge in [-0.05, 0) is 215 Å². The first-order valence-electron chi connectivity index (χ1n) is 27.0. The lowest BCUT2D eigenvalue weighted by Crippen LogP contribution is -2.03. The minimum atomic E-state index is 0.658. The van der Waals surface area contributed by atoms with Crippen molar-refractivity contribution in [2.45, 2.75) is 84.0 Å². The molecule has 7 aromatic carbocycles. The Kier molecular flexibility index (Phi) is 13.6. The van der Waals surface area contributed by atoms with Gasteiger partial charge in [-0.1, -0.05) is 146 Å². The van der Waals surface area contributed by atoms with Crippen LogP contribution in [0.1, 0.15) is 81.3 Å². The predicted octanol–water partition coefficient (Wildman–Crippen LogP) is 17.0. The number of benzene rings is 7. The fourth-order valence-electron chi connectivity index (χ4n) is 11.4. The maximum absolute atomic E-state index is 9.42. The van der Waals surface area contributed by atoms with Crippen LogP contribution in [0.3, 0.4) is 0 Å². The van der Waals surface area contributed by atoms with Crippen LogP contribution in [0.15, 0.2) is 201 Å². The molecule has 0 unspecified atom stereocenters. The minimum absolute atomic E-state index is 0.658. The summed E-state index contributed by atoms with van der Waals surface area (Å²) < 4.78 is 0. The molecule has 4 nitrogen and oxygen atoms in total. The Hall–Kier alpha value is -8.52. The second kappa shape index (κ2) is 21.5. The van der Waals surface area contributed by atoms with Crippen LogP contribution >= 0.6 is 0 Å². The van der Waals surface area contributed by atoms with Gasteiger partial charge in [0.2, 0.25) is 0 Å². The molecule has 2 aliphatic rings. The van der Waals surface area contributed by atoms with E-state index in [1.807, 2.05) is 30.5 Å². The van der Waals surface area contributed by atoms with Crippen molar-refractivity contribution in [3.8, 4) is 84.3 Å². The van der Waals surface area contributed by atoms with E-state index in [1.54, 1.807) is 0 Å². The smallest absolute Gasteiger partial charge is 0.0991 e. The number of nitriles is 1. The molecule has 0 saturated carbocycles. The van der Waals surface area contributed by atoms with Crippen molar-refractivity contribution in [3.63, 3.8) is 0 Å². The lowest BCUT2D eigenvalue weighted by molar-refractivity contribution is 0.682. The molecule has 0 fully saturated rings. The van der Waals surface area contributed by atoms with Crippen LogP contribution in [0.5, 0.6) is 0 Å². The highest BCUT2D eigenvalue weighted by molar-refractivity contribution is 5.94. The van der Waals surface area contributed by atoms with Crippen molar-refractivity contribution in [2.24, 2.45) is 0 Å². The highest BCUT2D eigenvalue weighted by atomic mass is 14.7. The van der Waals surface area contributed by atoms with E-state index in [2.05, 4.69) is 183 Å². The van der Waals surface area contributed by atoms with Gasteiger partial charge in [0, 0.05) is 35.3 Å². The summed E-state index contributed by atoms with van der Waals surface area (Å²) in [6, 6.07) is 69.1. The molecule has 0 saturated heterocycles. The summed E-state index contributed by atoms with van der Waals surface area (Å²) in [5.74, 6) is 0. The highest BCUT2D eigenvalue weighted by Crippen LogP contribution is 2.41. The third-order valence-corrected chi connectivity index (χ3v) is 15.7. The SMILES string of the molecule is Cc1ccc(-c2ccc(-c3ccccc3-c3cc(CCc4ccc(-c5cc6c(cn5)CCCC6)cc4)cc(CCc4ccc(-c5cc6c(cn5)CCCC6)cc4)c3)c(-c3ccc(-c4ccc(C#N)cc4)cc3)c2)nc1. The first kappa shape index (κ1) is 47.5. The minimum Gasteiger partial charge on any atom is -0.256 e. The van der Waals surface area contributed by atoms with E-state index in [1.165, 1.54) is 104 Å². The first-order chi connectivity index (χ1) is 37.0. The van der Waals surface area contributed by atoms with Crippen LogP contribution in [0.25, 0.3) is 78.3 Å². The van der Waals surface area contributed by atoms with Gasteiger partial charge in [0.25, 0.3) is 0 Å². The Bertz CT molecular complexity index is 3570. The lowest BCUT2D eigenvalue weighted by atomic mass is 9.86. The molecule has 0 spiro atoms. The second-order valence-corrected chi connectivity index (χ2v) is 20.8. The van der Waals surface area contributed by atoms with E-state index < -0.39 is 0 Å². The van der Waals surface area contributed by atoms with Gasteiger partial charge in [-0.15, -0.1) is 0 Å². The maximum Gasteiger partial charge on any atom is 0.0991 e. The zero-order valence-corrected chi connectivity index (χ0v) is 42.8. The number of aryl methyl sites for hydroxylation is 9. The van der Waals surface area contributed by atoms with Crippen LogP contribution < -0.4 is 0 Å². The standard InChI is InChI=1S/C71H60N4/c1-48-14-37-69(73-45-48)61-35-36-67(68(41-61)56-33-31-55(32-34-56)54-25-23-51(44-72)24-26-54)66-13-7-6-12-65(66)64-39-52(17-15-49-19-27-57(28-20-49)70-42-59-8-2-4-10-62(59)46-74-70)38-53(40-64)18-16-50-21-29-58(30-22-50)71-43-60-9-3-5-11-63(60)47-75-71/h6-7,12-14,19-43,45-47H,2-5,8-11,15-18H2,1H3. The Labute approximate surface area is 442 Å². The van der Waals surface area contributed by atoms with Crippen molar-refractivity contribution in [2.75, 3.05) is 0 Å². The number of pyridine rings is 3. The highest BCUT2D eigenvalue weighted by Gasteiger charge is 2.18. The van der Waals surface area contributed by atoms with Gasteiger partial charge in [-0.25, -0.2) is 0 Å². The van der Waals surface area contributed by atoms with E-state index in [0.29, 0.717) is 5.56 Å². The summed E-state index contributed by atoms with van der Waals surface area (Å²) in [5, 5.41) is 9.42. The Morgan fingerprint density at radius 2 is 0.813 bits per heavy atom. The van der Waals surface area contributed by atoms with E-state index >= 15 is 0 Å². The van der Waals surface area contributed by atoms with Gasteiger partial charge in [0.15, 0.2) is 0 Å². The van der Waals surface area contributed by atoms with Crippen molar-refractivity contribution in [3.05, 3.63) is 256 Å². The molecule has 2 aliphatic carbocycles. The van der Waals surface area contributed by atoms with Gasteiger partial charge in [0.05, 0.1) is 28.7 Å². The van der Waals surface area contributed by atoms with Crippen molar-refractivity contribution in [1.82, 2.24) is 15.0 Å². The molecule has 364 valence electrons. The van der Waals surface area contributed by atoms with E-state index in [-0.39, 0.29) is 0 Å². The molecule has 10 aromatic rings. The predicted molar refractivity (Wildman–Crippen MR) is 308 cm³/mol. The van der Waals surface area contributed by atoms with Gasteiger partial charge in [0.1, 0.15) is 0 Å². The monoisotopic (exact) mass is 968 g/mol. The summed E-state index contributed by atoms with van der Waals surface area (Å²) in [5.41, 5.74) is 28.7. The number of rotatable bonds is 13. The van der Waals surface area contributed by atoms with Crippen molar-refractivity contribution < 1.29 is 0 Å². The topological polar surface area (TPSA) is 62.5 Å². The Balaban J connectivity index is 0.879. The number of aromatic nitrogens is 3. The Morgan fingerprint density at radius 1 is 0.347 bits per heavy atom. The van der Waals surface area contributed by atoms with Gasteiger partial charge < -0.3 is 0 Å². The molecule has 75 heavy (non-hydrogen) atoms. The molecule has 0 atom stereocenters. The molecule has 4 heteroatoms.